The van der Waals surface area contributed by atoms with E-state index in [-0.39, 0.29) is 35.0 Å². The van der Waals surface area contributed by atoms with Crippen LogP contribution in [0, 0.1) is 5.92 Å². The Balaban J connectivity index is 1.32. The van der Waals surface area contributed by atoms with Crippen LogP contribution in [-0.2, 0) is 6.54 Å². The average Bonchev–Trinajstić information content (AvgIpc) is 3.41. The maximum atomic E-state index is 13.2. The standard InChI is InChI=1S/C25H26N4O5S/c1-33-18-9-17(10-19(11-18)34-2)26-25(32)28-12-15-8-16(14-28)21-6-5-20(24(31)29(21)13-15)27-23(30)22-4-3-7-35-22/h3-7,9-11,15-16H,8,12-14H2,1-2H3,(H,26,32)(H,27,30)/t15-,16-/m1/s1. The zero-order chi connectivity index (χ0) is 24.5. The molecule has 2 aromatic heterocycles. The molecule has 9 nitrogen and oxygen atoms in total. The number of thiophene rings is 1. The van der Waals surface area contributed by atoms with E-state index in [1.807, 2.05) is 11.4 Å². The van der Waals surface area contributed by atoms with Gasteiger partial charge in [-0.3, -0.25) is 9.59 Å². The first-order valence-electron chi connectivity index (χ1n) is 11.3. The first-order valence-corrected chi connectivity index (χ1v) is 12.2. The number of methoxy groups -OCH3 is 2. The van der Waals surface area contributed by atoms with Gasteiger partial charge in [-0.1, -0.05) is 6.07 Å². The maximum Gasteiger partial charge on any atom is 0.321 e. The Bertz CT molecular complexity index is 1300. The van der Waals surface area contributed by atoms with Crippen LogP contribution in [0.1, 0.15) is 27.7 Å². The Hall–Kier alpha value is -3.79. The number of aromatic nitrogens is 1. The fourth-order valence-electron chi connectivity index (χ4n) is 4.88. The molecule has 3 aromatic rings. The van der Waals surface area contributed by atoms with Crippen LogP contribution in [0.4, 0.5) is 16.2 Å². The van der Waals surface area contributed by atoms with Gasteiger partial charge in [-0.25, -0.2) is 4.79 Å². The Labute approximate surface area is 206 Å². The Morgan fingerprint density at radius 3 is 2.46 bits per heavy atom. The minimum Gasteiger partial charge on any atom is -0.497 e. The number of pyridine rings is 1. The molecule has 0 spiro atoms. The molecular formula is C25H26N4O5S. The third-order valence-corrected chi connectivity index (χ3v) is 7.36. The Morgan fingerprint density at radius 2 is 1.77 bits per heavy atom. The second-order valence-electron chi connectivity index (χ2n) is 8.75. The number of amides is 3. The predicted molar refractivity (Wildman–Crippen MR) is 134 cm³/mol. The maximum absolute atomic E-state index is 13.2. The number of rotatable bonds is 5. The van der Waals surface area contributed by atoms with Crippen molar-refractivity contribution in [2.75, 3.05) is 37.9 Å². The van der Waals surface area contributed by atoms with Gasteiger partial charge in [0.25, 0.3) is 11.5 Å². The summed E-state index contributed by atoms with van der Waals surface area (Å²) in [5.41, 5.74) is 1.54. The fourth-order valence-corrected chi connectivity index (χ4v) is 5.50. The number of urea groups is 1. The quantitative estimate of drug-likeness (QED) is 0.561. The van der Waals surface area contributed by atoms with Gasteiger partial charge in [0.2, 0.25) is 0 Å². The van der Waals surface area contributed by atoms with Crippen molar-refractivity contribution in [3.63, 3.8) is 0 Å². The van der Waals surface area contributed by atoms with E-state index in [1.165, 1.54) is 11.3 Å². The van der Waals surface area contributed by atoms with Crippen molar-refractivity contribution in [2.45, 2.75) is 18.9 Å². The second-order valence-corrected chi connectivity index (χ2v) is 9.70. The number of likely N-dealkylation sites (tertiary alicyclic amines) is 1. The highest BCUT2D eigenvalue weighted by molar-refractivity contribution is 7.12. The number of nitrogens with zero attached hydrogens (tertiary/aromatic N) is 2. The number of piperidine rings is 1. The number of nitrogens with one attached hydrogen (secondary N) is 2. The van der Waals surface area contributed by atoms with Crippen LogP contribution in [0.5, 0.6) is 11.5 Å². The molecule has 2 bridgehead atoms. The van der Waals surface area contributed by atoms with Gasteiger partial charge in [0.15, 0.2) is 0 Å². The van der Waals surface area contributed by atoms with Crippen LogP contribution >= 0.6 is 11.3 Å². The van der Waals surface area contributed by atoms with Gasteiger partial charge < -0.3 is 29.6 Å². The van der Waals surface area contributed by atoms with Crippen molar-refractivity contribution >= 4 is 34.6 Å². The summed E-state index contributed by atoms with van der Waals surface area (Å²) in [7, 11) is 3.12. The van der Waals surface area contributed by atoms with Gasteiger partial charge in [0.05, 0.1) is 19.1 Å². The SMILES string of the molecule is COc1cc(NC(=O)N2C[C@H]3C[C@H](C2)c2ccc(NC(=O)c4cccs4)c(=O)n2C3)cc(OC)c1. The molecule has 2 atom stereocenters. The molecule has 10 heteroatoms. The smallest absolute Gasteiger partial charge is 0.321 e. The van der Waals surface area contributed by atoms with Crippen LogP contribution in [0.3, 0.4) is 0 Å². The molecule has 0 aliphatic carbocycles. The zero-order valence-electron chi connectivity index (χ0n) is 19.4. The summed E-state index contributed by atoms with van der Waals surface area (Å²) in [4.78, 5) is 41.0. The van der Waals surface area contributed by atoms with Crippen molar-refractivity contribution in [3.05, 3.63) is 68.8 Å². The average molecular weight is 495 g/mol. The molecule has 1 fully saturated rings. The fraction of sp³-hybridized carbons (Fsp3) is 0.320. The molecule has 3 amide bonds. The summed E-state index contributed by atoms with van der Waals surface area (Å²) in [6, 6.07) is 12.1. The van der Waals surface area contributed by atoms with E-state index in [4.69, 9.17) is 9.47 Å². The lowest BCUT2D eigenvalue weighted by Gasteiger charge is -2.42. The first kappa shape index (κ1) is 23.0. The van der Waals surface area contributed by atoms with Crippen LogP contribution in [0.15, 0.2) is 52.6 Å². The normalized spacial score (nSPS) is 18.4. The molecule has 0 radical (unpaired) electrons. The number of carbonyl (C=O) groups excluding carboxylic acids is 2. The largest absolute Gasteiger partial charge is 0.497 e. The van der Waals surface area contributed by atoms with Gasteiger partial charge >= 0.3 is 6.03 Å². The summed E-state index contributed by atoms with van der Waals surface area (Å²) >= 11 is 1.33. The third kappa shape index (κ3) is 4.61. The molecule has 1 saturated heterocycles. The number of fused-ring (bicyclic) bond motifs is 4. The number of ether oxygens (including phenoxy) is 2. The van der Waals surface area contributed by atoms with Crippen LogP contribution in [0.25, 0.3) is 0 Å². The molecular weight excluding hydrogens is 468 g/mol. The van der Waals surface area contributed by atoms with E-state index in [1.54, 1.807) is 60.1 Å². The number of benzene rings is 1. The Morgan fingerprint density at radius 1 is 1.00 bits per heavy atom. The van der Waals surface area contributed by atoms with Crippen LogP contribution in [0.2, 0.25) is 0 Å². The highest BCUT2D eigenvalue weighted by atomic mass is 32.1. The van der Waals surface area contributed by atoms with Gasteiger partial charge in [0, 0.05) is 55.1 Å². The minimum absolute atomic E-state index is 0.0443. The van der Waals surface area contributed by atoms with E-state index in [0.717, 1.165) is 12.1 Å². The van der Waals surface area contributed by atoms with Crippen molar-refractivity contribution < 1.29 is 19.1 Å². The van der Waals surface area contributed by atoms with E-state index in [9.17, 15) is 14.4 Å². The summed E-state index contributed by atoms with van der Waals surface area (Å²) in [6.07, 6.45) is 0.914. The van der Waals surface area contributed by atoms with Crippen LogP contribution in [-0.4, -0.2) is 48.7 Å². The van der Waals surface area contributed by atoms with Crippen molar-refractivity contribution in [1.29, 1.82) is 0 Å². The third-order valence-electron chi connectivity index (χ3n) is 6.49. The zero-order valence-corrected chi connectivity index (χ0v) is 20.3. The highest BCUT2D eigenvalue weighted by Crippen LogP contribution is 2.36. The summed E-state index contributed by atoms with van der Waals surface area (Å²) in [6.45, 7) is 1.55. The van der Waals surface area contributed by atoms with Gasteiger partial charge in [-0.15, -0.1) is 11.3 Å². The van der Waals surface area contributed by atoms with Crippen molar-refractivity contribution in [2.24, 2.45) is 5.92 Å². The van der Waals surface area contributed by atoms with Gasteiger partial charge in [-0.2, -0.15) is 0 Å². The molecule has 0 saturated carbocycles. The number of hydrogen-bond donors (Lipinski definition) is 2. The molecule has 5 rings (SSSR count). The van der Waals surface area contributed by atoms with E-state index in [2.05, 4.69) is 10.6 Å². The topological polar surface area (TPSA) is 102 Å². The van der Waals surface area contributed by atoms with E-state index in [0.29, 0.717) is 41.7 Å². The lowest BCUT2D eigenvalue weighted by atomic mass is 9.83. The lowest BCUT2D eigenvalue weighted by Crippen LogP contribution is -2.50. The van der Waals surface area contributed by atoms with E-state index < -0.39 is 0 Å². The molecule has 0 unspecified atom stereocenters. The summed E-state index contributed by atoms with van der Waals surface area (Å²) in [5.74, 6) is 1.08. The van der Waals surface area contributed by atoms with Crippen molar-refractivity contribution in [1.82, 2.24) is 9.47 Å². The number of carbonyl (C=O) groups is 2. The second kappa shape index (κ2) is 9.46. The first-order chi connectivity index (χ1) is 16.9. The molecule has 2 N–H and O–H groups in total. The number of hydrogen-bond acceptors (Lipinski definition) is 6. The minimum atomic E-state index is -0.286. The molecule has 35 heavy (non-hydrogen) atoms. The van der Waals surface area contributed by atoms with Crippen molar-refractivity contribution in [3.8, 4) is 11.5 Å². The molecule has 182 valence electrons. The van der Waals surface area contributed by atoms with E-state index >= 15 is 0 Å². The Kier molecular flexibility index (Phi) is 6.21. The molecule has 2 aliphatic heterocycles. The number of anilines is 2. The monoisotopic (exact) mass is 494 g/mol. The van der Waals surface area contributed by atoms with Crippen LogP contribution < -0.4 is 25.7 Å². The molecule has 4 heterocycles. The highest BCUT2D eigenvalue weighted by Gasteiger charge is 2.37. The lowest BCUT2D eigenvalue weighted by molar-refractivity contribution is 0.103. The van der Waals surface area contributed by atoms with Gasteiger partial charge in [0.1, 0.15) is 17.2 Å². The summed E-state index contributed by atoms with van der Waals surface area (Å²) in [5, 5.41) is 7.51. The molecule has 1 aromatic carbocycles. The predicted octanol–water partition coefficient (Wildman–Crippen LogP) is 3.83. The van der Waals surface area contributed by atoms with Gasteiger partial charge in [-0.05, 0) is 35.9 Å². The molecule has 2 aliphatic rings. The summed E-state index contributed by atoms with van der Waals surface area (Å²) < 4.78 is 12.3.